The Morgan fingerprint density at radius 3 is 2.63 bits per heavy atom. The molecule has 0 saturated carbocycles. The van der Waals surface area contributed by atoms with Crippen LogP contribution < -0.4 is 5.32 Å². The van der Waals surface area contributed by atoms with Crippen molar-refractivity contribution in [2.75, 3.05) is 31.5 Å². The number of nitrogens with one attached hydrogen (secondary N) is 1. The van der Waals surface area contributed by atoms with E-state index in [0.717, 1.165) is 36.2 Å². The number of amides is 1. The third kappa shape index (κ3) is 4.68. The van der Waals surface area contributed by atoms with Gasteiger partial charge in [0, 0.05) is 49.5 Å². The Balaban J connectivity index is 1.34. The zero-order valence-electron chi connectivity index (χ0n) is 17.2. The highest BCUT2D eigenvalue weighted by molar-refractivity contribution is 7.91. The van der Waals surface area contributed by atoms with Crippen LogP contribution in [0.15, 0.2) is 40.9 Å². The van der Waals surface area contributed by atoms with Crippen molar-refractivity contribution < 1.29 is 13.2 Å². The van der Waals surface area contributed by atoms with Crippen molar-refractivity contribution in [3.8, 4) is 0 Å². The van der Waals surface area contributed by atoms with Gasteiger partial charge in [-0.1, -0.05) is 0 Å². The number of thiophene rings is 1. The first kappa shape index (κ1) is 21.3. The van der Waals surface area contributed by atoms with E-state index < -0.39 is 10.0 Å². The molecule has 9 heteroatoms. The Morgan fingerprint density at radius 2 is 1.97 bits per heavy atom. The Hall–Kier alpha value is -1.97. The third-order valence-corrected chi connectivity index (χ3v) is 9.22. The van der Waals surface area contributed by atoms with Gasteiger partial charge in [0.1, 0.15) is 4.21 Å². The van der Waals surface area contributed by atoms with Crippen LogP contribution in [0, 0.1) is 12.8 Å². The largest absolute Gasteiger partial charge is 0.381 e. The van der Waals surface area contributed by atoms with Crippen LogP contribution in [0.1, 0.15) is 30.6 Å². The Bertz CT molecular complexity index is 969. The van der Waals surface area contributed by atoms with Crippen LogP contribution >= 0.6 is 11.3 Å². The second-order valence-corrected chi connectivity index (χ2v) is 11.5. The standard InChI is InChI=1S/C21H28N4O3S2/c1-16-6-7-20(29-16)30(27,28)25-11-3-4-17(15-25)21(26)24-12-8-18(9-13-24)23-19-5-2-10-22-14-19/h2,5-7,10,14,17-18,23H,3-4,8-9,11-13,15H2,1H3/t17-/m1/s1. The molecule has 0 radical (unpaired) electrons. The SMILES string of the molecule is Cc1ccc(S(=O)(=O)N2CCC[C@@H](C(=O)N3CCC(Nc4cccnc4)CC3)C2)s1. The van der Waals surface area contributed by atoms with Crippen molar-refractivity contribution in [1.29, 1.82) is 0 Å². The number of carbonyl (C=O) groups excluding carboxylic acids is 1. The van der Waals surface area contributed by atoms with E-state index in [1.165, 1.54) is 15.6 Å². The summed E-state index contributed by atoms with van der Waals surface area (Å²) >= 11 is 1.29. The van der Waals surface area contributed by atoms with Gasteiger partial charge >= 0.3 is 0 Å². The molecule has 0 spiro atoms. The molecule has 0 aliphatic carbocycles. The number of aryl methyl sites for hydroxylation is 1. The summed E-state index contributed by atoms with van der Waals surface area (Å²) in [7, 11) is -3.52. The van der Waals surface area contributed by atoms with Crippen LogP contribution in [0.2, 0.25) is 0 Å². The lowest BCUT2D eigenvalue weighted by atomic mass is 9.96. The van der Waals surface area contributed by atoms with E-state index in [1.807, 2.05) is 36.2 Å². The molecular formula is C21H28N4O3S2. The number of hydrogen-bond acceptors (Lipinski definition) is 6. The summed E-state index contributed by atoms with van der Waals surface area (Å²) in [5.74, 6) is -0.158. The molecule has 1 amide bonds. The highest BCUT2D eigenvalue weighted by Gasteiger charge is 2.36. The summed E-state index contributed by atoms with van der Waals surface area (Å²) in [6, 6.07) is 7.72. The summed E-state index contributed by atoms with van der Waals surface area (Å²) in [6.07, 6.45) is 6.79. The van der Waals surface area contributed by atoms with Gasteiger partial charge in [0.15, 0.2) is 0 Å². The molecule has 2 aliphatic rings. The fourth-order valence-corrected chi connectivity index (χ4v) is 7.19. The number of carbonyl (C=O) groups is 1. The van der Waals surface area contributed by atoms with Crippen molar-refractivity contribution in [2.24, 2.45) is 5.92 Å². The summed E-state index contributed by atoms with van der Waals surface area (Å²) < 4.78 is 27.8. The number of sulfonamides is 1. The van der Waals surface area contributed by atoms with Gasteiger partial charge in [-0.15, -0.1) is 11.3 Å². The Morgan fingerprint density at radius 1 is 1.17 bits per heavy atom. The second kappa shape index (κ2) is 9.03. The van der Waals surface area contributed by atoms with E-state index in [4.69, 9.17) is 0 Å². The predicted molar refractivity (Wildman–Crippen MR) is 118 cm³/mol. The average Bonchev–Trinajstić information content (AvgIpc) is 3.22. The molecule has 2 fully saturated rings. The maximum atomic E-state index is 13.1. The van der Waals surface area contributed by atoms with E-state index in [2.05, 4.69) is 10.3 Å². The maximum absolute atomic E-state index is 13.1. The molecule has 0 bridgehead atoms. The van der Waals surface area contributed by atoms with E-state index in [0.29, 0.717) is 29.9 Å². The van der Waals surface area contributed by atoms with Crippen molar-refractivity contribution in [3.63, 3.8) is 0 Å². The molecule has 30 heavy (non-hydrogen) atoms. The van der Waals surface area contributed by atoms with Crippen molar-refractivity contribution >= 4 is 33.0 Å². The smallest absolute Gasteiger partial charge is 0.252 e. The minimum absolute atomic E-state index is 0.0945. The van der Waals surface area contributed by atoms with Gasteiger partial charge < -0.3 is 10.2 Å². The van der Waals surface area contributed by atoms with Crippen LogP contribution in [0.4, 0.5) is 5.69 Å². The molecule has 2 saturated heterocycles. The van der Waals surface area contributed by atoms with Gasteiger partial charge in [0.05, 0.1) is 11.6 Å². The van der Waals surface area contributed by atoms with E-state index in [9.17, 15) is 13.2 Å². The van der Waals surface area contributed by atoms with Crippen molar-refractivity contribution in [3.05, 3.63) is 41.5 Å². The topological polar surface area (TPSA) is 82.6 Å². The third-order valence-electron chi connectivity index (χ3n) is 5.88. The van der Waals surface area contributed by atoms with E-state index in [1.54, 1.807) is 12.3 Å². The highest BCUT2D eigenvalue weighted by atomic mass is 32.2. The Labute approximate surface area is 182 Å². The number of rotatable bonds is 5. The van der Waals surface area contributed by atoms with Gasteiger partial charge in [-0.05, 0) is 56.9 Å². The molecule has 1 N–H and O–H groups in total. The van der Waals surface area contributed by atoms with Gasteiger partial charge in [0.25, 0.3) is 10.0 Å². The van der Waals surface area contributed by atoms with Crippen molar-refractivity contribution in [1.82, 2.24) is 14.2 Å². The van der Waals surface area contributed by atoms with E-state index >= 15 is 0 Å². The van der Waals surface area contributed by atoms with Gasteiger partial charge in [0.2, 0.25) is 5.91 Å². The zero-order valence-corrected chi connectivity index (χ0v) is 18.8. The fourth-order valence-electron chi connectivity index (χ4n) is 4.23. The summed E-state index contributed by atoms with van der Waals surface area (Å²) in [5.41, 5.74) is 0.999. The molecule has 4 heterocycles. The van der Waals surface area contributed by atoms with Crippen LogP contribution in [-0.4, -0.2) is 60.7 Å². The Kier molecular flexibility index (Phi) is 6.40. The molecule has 1 atom stereocenters. The zero-order chi connectivity index (χ0) is 21.1. The predicted octanol–water partition coefficient (Wildman–Crippen LogP) is 2.96. The molecule has 2 aromatic rings. The number of nitrogens with zero attached hydrogens (tertiary/aromatic N) is 3. The lowest BCUT2D eigenvalue weighted by molar-refractivity contribution is -0.137. The molecular weight excluding hydrogens is 420 g/mol. The van der Waals surface area contributed by atoms with Gasteiger partial charge in [-0.3, -0.25) is 9.78 Å². The van der Waals surface area contributed by atoms with E-state index in [-0.39, 0.29) is 18.4 Å². The molecule has 2 aromatic heterocycles. The van der Waals surface area contributed by atoms with Gasteiger partial charge in [-0.2, -0.15) is 4.31 Å². The molecule has 2 aliphatic heterocycles. The number of likely N-dealkylation sites (tertiary alicyclic amines) is 1. The first-order valence-electron chi connectivity index (χ1n) is 10.5. The minimum Gasteiger partial charge on any atom is -0.381 e. The maximum Gasteiger partial charge on any atom is 0.252 e. The normalized spacial score (nSPS) is 21.5. The molecule has 7 nitrogen and oxygen atoms in total. The lowest BCUT2D eigenvalue weighted by Crippen LogP contribution is -2.49. The lowest BCUT2D eigenvalue weighted by Gasteiger charge is -2.37. The van der Waals surface area contributed by atoms with Crippen LogP contribution in [-0.2, 0) is 14.8 Å². The number of pyridine rings is 1. The van der Waals surface area contributed by atoms with Crippen LogP contribution in [0.25, 0.3) is 0 Å². The number of hydrogen-bond donors (Lipinski definition) is 1. The summed E-state index contributed by atoms with van der Waals surface area (Å²) in [5, 5.41) is 3.48. The average molecular weight is 449 g/mol. The summed E-state index contributed by atoms with van der Waals surface area (Å²) in [6.45, 7) is 4.07. The number of aromatic nitrogens is 1. The fraction of sp³-hybridized carbons (Fsp3) is 0.524. The summed E-state index contributed by atoms with van der Waals surface area (Å²) in [4.78, 5) is 20.1. The molecule has 162 valence electrons. The van der Waals surface area contributed by atoms with Crippen LogP contribution in [0.3, 0.4) is 0 Å². The van der Waals surface area contributed by atoms with Gasteiger partial charge in [-0.25, -0.2) is 8.42 Å². The molecule has 0 aromatic carbocycles. The van der Waals surface area contributed by atoms with Crippen LogP contribution in [0.5, 0.6) is 0 Å². The monoisotopic (exact) mass is 448 g/mol. The highest BCUT2D eigenvalue weighted by Crippen LogP contribution is 2.29. The second-order valence-electron chi connectivity index (χ2n) is 8.05. The molecule has 0 unspecified atom stereocenters. The minimum atomic E-state index is -3.52. The number of anilines is 1. The van der Waals surface area contributed by atoms with Crippen molar-refractivity contribution in [2.45, 2.75) is 42.9 Å². The first-order valence-corrected chi connectivity index (χ1v) is 12.7. The number of piperidine rings is 2. The molecule has 4 rings (SSSR count). The quantitative estimate of drug-likeness (QED) is 0.760. The first-order chi connectivity index (χ1) is 14.4.